The van der Waals surface area contributed by atoms with Gasteiger partial charge in [-0.3, -0.25) is 0 Å². The Morgan fingerprint density at radius 1 is 1.24 bits per heavy atom. The average Bonchev–Trinajstić information content (AvgIpc) is 2.91. The van der Waals surface area contributed by atoms with Crippen LogP contribution >= 0.6 is 0 Å². The molecule has 0 spiro atoms. The van der Waals surface area contributed by atoms with Crippen LogP contribution in [0.15, 0.2) is 12.1 Å². The van der Waals surface area contributed by atoms with Gasteiger partial charge in [-0.05, 0) is 47.8 Å². The lowest BCUT2D eigenvalue weighted by atomic mass is 9.68. The highest BCUT2D eigenvalue weighted by molar-refractivity contribution is 5.54. The molecule has 3 nitrogen and oxygen atoms in total. The van der Waals surface area contributed by atoms with Crippen molar-refractivity contribution in [2.75, 3.05) is 0 Å². The molecule has 3 atom stereocenters. The van der Waals surface area contributed by atoms with Gasteiger partial charge in [0.25, 0.3) is 0 Å². The Morgan fingerprint density at radius 2 is 1.96 bits per heavy atom. The summed E-state index contributed by atoms with van der Waals surface area (Å²) in [5.41, 5.74) is 1.91. The van der Waals surface area contributed by atoms with Gasteiger partial charge < -0.3 is 14.9 Å². The van der Waals surface area contributed by atoms with Crippen LogP contribution in [0.3, 0.4) is 0 Å². The van der Waals surface area contributed by atoms with E-state index in [0.717, 1.165) is 36.1 Å². The number of ether oxygens (including phenoxy) is 1. The van der Waals surface area contributed by atoms with Crippen molar-refractivity contribution in [2.24, 2.45) is 5.41 Å². The first-order chi connectivity index (χ1) is 11.7. The molecule has 1 fully saturated rings. The minimum Gasteiger partial charge on any atom is -0.508 e. The van der Waals surface area contributed by atoms with Gasteiger partial charge in [-0.1, -0.05) is 53.9 Å². The number of hydrogen-bond donors (Lipinski definition) is 2. The molecule has 0 bridgehead atoms. The first kappa shape index (κ1) is 18.6. The summed E-state index contributed by atoms with van der Waals surface area (Å²) in [5.74, 6) is 1.23. The highest BCUT2D eigenvalue weighted by Crippen LogP contribution is 2.54. The van der Waals surface area contributed by atoms with Crippen LogP contribution in [0.2, 0.25) is 0 Å². The lowest BCUT2D eigenvalue weighted by Crippen LogP contribution is -2.47. The van der Waals surface area contributed by atoms with Crippen molar-refractivity contribution in [3.05, 3.63) is 23.3 Å². The Morgan fingerprint density at radius 3 is 2.64 bits per heavy atom. The fraction of sp³-hybridized carbons (Fsp3) is 0.727. The number of rotatable bonds is 5. The molecule has 1 aliphatic carbocycles. The number of aliphatic hydroxyl groups is 1. The zero-order valence-electron chi connectivity index (χ0n) is 16.4. The molecule has 1 aromatic carbocycles. The second-order valence-electron chi connectivity index (χ2n) is 9.41. The molecule has 3 rings (SSSR count). The van der Waals surface area contributed by atoms with Crippen LogP contribution in [0.5, 0.6) is 11.5 Å². The SMILES string of the molecule is CCCCCC(C)(C)c1cc(O)c2c(c1)OC1C2CCC(C)(C)C1O. The van der Waals surface area contributed by atoms with Gasteiger partial charge in [0.15, 0.2) is 0 Å². The maximum Gasteiger partial charge on any atom is 0.132 e. The van der Waals surface area contributed by atoms with Gasteiger partial charge in [-0.25, -0.2) is 0 Å². The number of phenols is 1. The van der Waals surface area contributed by atoms with E-state index in [1.54, 1.807) is 0 Å². The number of aromatic hydroxyl groups is 1. The van der Waals surface area contributed by atoms with E-state index in [4.69, 9.17) is 4.74 Å². The van der Waals surface area contributed by atoms with Gasteiger partial charge in [0.1, 0.15) is 17.6 Å². The van der Waals surface area contributed by atoms with Crippen molar-refractivity contribution >= 4 is 0 Å². The number of fused-ring (bicyclic) bond motifs is 3. The summed E-state index contributed by atoms with van der Waals surface area (Å²) in [5, 5.41) is 21.5. The largest absolute Gasteiger partial charge is 0.508 e. The molecule has 0 saturated heterocycles. The Bertz CT molecular complexity index is 632. The van der Waals surface area contributed by atoms with E-state index in [-0.39, 0.29) is 22.9 Å². The lowest BCUT2D eigenvalue weighted by Gasteiger charge is -2.41. The maximum atomic E-state index is 10.7. The van der Waals surface area contributed by atoms with Crippen LogP contribution in [0.4, 0.5) is 0 Å². The molecule has 2 N–H and O–H groups in total. The quantitative estimate of drug-likeness (QED) is 0.714. The standard InChI is InChI=1S/C22H34O3/c1-6-7-8-10-21(2,3)14-12-16(23)18-15-9-11-22(4,5)20(24)19(15)25-17(18)13-14/h12-13,15,19-20,23-24H,6-11H2,1-5H3. The summed E-state index contributed by atoms with van der Waals surface area (Å²) in [7, 11) is 0. The first-order valence-electron chi connectivity index (χ1n) is 9.89. The highest BCUT2D eigenvalue weighted by Gasteiger charge is 2.50. The van der Waals surface area contributed by atoms with Crippen molar-refractivity contribution in [2.45, 2.75) is 96.7 Å². The zero-order valence-corrected chi connectivity index (χ0v) is 16.4. The third-order valence-electron chi connectivity index (χ3n) is 6.55. The molecule has 0 amide bonds. The Balaban J connectivity index is 1.89. The van der Waals surface area contributed by atoms with E-state index in [1.165, 1.54) is 19.3 Å². The summed E-state index contributed by atoms with van der Waals surface area (Å²) in [6.45, 7) is 10.9. The summed E-state index contributed by atoms with van der Waals surface area (Å²) in [6, 6.07) is 4.04. The van der Waals surface area contributed by atoms with Crippen LogP contribution in [0.1, 0.15) is 90.2 Å². The topological polar surface area (TPSA) is 49.7 Å². The lowest BCUT2D eigenvalue weighted by molar-refractivity contribution is -0.0685. The molecule has 1 aromatic rings. The minimum atomic E-state index is -0.501. The van der Waals surface area contributed by atoms with Gasteiger partial charge in [0.2, 0.25) is 0 Å². The molecule has 1 saturated carbocycles. The van der Waals surface area contributed by atoms with Crippen molar-refractivity contribution < 1.29 is 14.9 Å². The molecule has 1 aliphatic heterocycles. The molecular formula is C22H34O3. The number of hydrogen-bond acceptors (Lipinski definition) is 3. The maximum absolute atomic E-state index is 10.7. The normalized spacial score (nSPS) is 27.5. The van der Waals surface area contributed by atoms with Crippen molar-refractivity contribution in [3.8, 4) is 11.5 Å². The summed E-state index contributed by atoms with van der Waals surface area (Å²) in [6.07, 6.45) is 5.91. The van der Waals surface area contributed by atoms with Gasteiger partial charge in [0.05, 0.1) is 6.10 Å². The molecule has 3 heteroatoms. The molecule has 2 aliphatic rings. The monoisotopic (exact) mass is 346 g/mol. The van der Waals surface area contributed by atoms with Crippen molar-refractivity contribution in [1.82, 2.24) is 0 Å². The molecule has 140 valence electrons. The van der Waals surface area contributed by atoms with E-state index in [0.29, 0.717) is 5.75 Å². The fourth-order valence-electron chi connectivity index (χ4n) is 4.54. The van der Waals surface area contributed by atoms with Gasteiger partial charge in [-0.2, -0.15) is 0 Å². The van der Waals surface area contributed by atoms with E-state index >= 15 is 0 Å². The summed E-state index contributed by atoms with van der Waals surface area (Å²) >= 11 is 0. The number of aliphatic hydroxyl groups excluding tert-OH is 1. The third-order valence-corrected chi connectivity index (χ3v) is 6.55. The fourth-order valence-corrected chi connectivity index (χ4v) is 4.54. The van der Waals surface area contributed by atoms with Gasteiger partial charge in [-0.15, -0.1) is 0 Å². The average molecular weight is 347 g/mol. The first-order valence-corrected chi connectivity index (χ1v) is 9.89. The van der Waals surface area contributed by atoms with Crippen LogP contribution < -0.4 is 4.74 Å². The van der Waals surface area contributed by atoms with E-state index in [1.807, 2.05) is 6.07 Å². The van der Waals surface area contributed by atoms with Crippen LogP contribution in [0, 0.1) is 5.41 Å². The Labute approximate surface area is 152 Å². The van der Waals surface area contributed by atoms with Crippen molar-refractivity contribution in [3.63, 3.8) is 0 Å². The predicted octanol–water partition coefficient (Wildman–Crippen LogP) is 5.28. The molecule has 25 heavy (non-hydrogen) atoms. The summed E-state index contributed by atoms with van der Waals surface area (Å²) in [4.78, 5) is 0. The predicted molar refractivity (Wildman–Crippen MR) is 101 cm³/mol. The molecule has 0 radical (unpaired) electrons. The molecule has 1 heterocycles. The molecular weight excluding hydrogens is 312 g/mol. The van der Waals surface area contributed by atoms with Crippen molar-refractivity contribution in [1.29, 1.82) is 0 Å². The third kappa shape index (κ3) is 3.28. The van der Waals surface area contributed by atoms with E-state index < -0.39 is 6.10 Å². The van der Waals surface area contributed by atoms with Crippen LogP contribution in [-0.2, 0) is 5.41 Å². The number of benzene rings is 1. The number of phenolic OH excluding ortho intramolecular Hbond substituents is 1. The Kier molecular flexibility index (Phi) is 4.83. The van der Waals surface area contributed by atoms with Crippen LogP contribution in [-0.4, -0.2) is 22.4 Å². The van der Waals surface area contributed by atoms with E-state index in [9.17, 15) is 10.2 Å². The minimum absolute atomic E-state index is 0.0106. The molecule has 0 aromatic heterocycles. The second-order valence-corrected chi connectivity index (χ2v) is 9.41. The van der Waals surface area contributed by atoms with Gasteiger partial charge >= 0.3 is 0 Å². The van der Waals surface area contributed by atoms with Gasteiger partial charge in [0, 0.05) is 11.5 Å². The number of unbranched alkanes of at least 4 members (excludes halogenated alkanes) is 2. The van der Waals surface area contributed by atoms with Crippen LogP contribution in [0.25, 0.3) is 0 Å². The Hall–Kier alpha value is -1.22. The highest BCUT2D eigenvalue weighted by atomic mass is 16.5. The summed E-state index contributed by atoms with van der Waals surface area (Å²) < 4.78 is 6.19. The van der Waals surface area contributed by atoms with E-state index in [2.05, 4.69) is 40.7 Å². The smallest absolute Gasteiger partial charge is 0.132 e. The molecule has 3 unspecified atom stereocenters. The zero-order chi connectivity index (χ0) is 18.4. The second kappa shape index (κ2) is 6.50.